The van der Waals surface area contributed by atoms with E-state index in [1.165, 1.54) is 11.3 Å². The Hall–Kier alpha value is -1.91. The minimum Gasteiger partial charge on any atom is -0.345 e. The van der Waals surface area contributed by atoms with Gasteiger partial charge in [0.15, 0.2) is 0 Å². The zero-order chi connectivity index (χ0) is 14.8. The molecule has 106 valence electrons. The molecule has 3 nitrogen and oxygen atoms in total. The van der Waals surface area contributed by atoms with Gasteiger partial charge in [-0.05, 0) is 30.7 Å². The first-order chi connectivity index (χ1) is 10.2. The number of nitrogens with one attached hydrogen (secondary N) is 1. The lowest BCUT2D eigenvalue weighted by Crippen LogP contribution is -2.26. The van der Waals surface area contributed by atoms with Gasteiger partial charge in [0.05, 0.1) is 11.1 Å². The number of benzene rings is 1. The van der Waals surface area contributed by atoms with Crippen LogP contribution in [0.2, 0.25) is 5.02 Å². The first-order valence-corrected chi connectivity index (χ1v) is 7.74. The minimum absolute atomic E-state index is 0.0956. The summed E-state index contributed by atoms with van der Waals surface area (Å²) in [5.74, 6) is -0.148. The van der Waals surface area contributed by atoms with Crippen molar-refractivity contribution >= 4 is 38.9 Å². The average molecular weight is 317 g/mol. The maximum absolute atomic E-state index is 12.4. The zero-order valence-electron chi connectivity index (χ0n) is 11.3. The Morgan fingerprint density at radius 3 is 2.67 bits per heavy atom. The van der Waals surface area contributed by atoms with Gasteiger partial charge < -0.3 is 5.32 Å². The highest BCUT2D eigenvalue weighted by Crippen LogP contribution is 2.35. The number of hydrogen-bond donors (Lipinski definition) is 1. The molecule has 0 aliphatic rings. The molecule has 1 N–H and O–H groups in total. The molecule has 0 saturated carbocycles. The molecule has 0 fully saturated rings. The molecule has 1 aromatic carbocycles. The minimum atomic E-state index is -0.148. The molecular weight excluding hydrogens is 304 g/mol. The van der Waals surface area contributed by atoms with Gasteiger partial charge in [0.2, 0.25) is 0 Å². The Balaban J connectivity index is 1.86. The number of nitrogens with zero attached hydrogens (tertiary/aromatic N) is 1. The van der Waals surface area contributed by atoms with E-state index in [0.717, 1.165) is 15.6 Å². The van der Waals surface area contributed by atoms with E-state index >= 15 is 0 Å². The fourth-order valence-electron chi connectivity index (χ4n) is 2.16. The molecule has 2 aromatic heterocycles. The normalized spacial score (nSPS) is 12.3. The molecule has 0 spiro atoms. The number of aromatic nitrogens is 1. The summed E-state index contributed by atoms with van der Waals surface area (Å²) in [6, 6.07) is 11.4. The van der Waals surface area contributed by atoms with Crippen molar-refractivity contribution in [2.45, 2.75) is 13.0 Å². The fraction of sp³-hybridized carbons (Fsp3) is 0.125. The molecule has 3 aromatic rings. The number of fused-ring (bicyclic) bond motifs is 1. The van der Waals surface area contributed by atoms with Crippen LogP contribution in [0.1, 0.15) is 28.2 Å². The maximum atomic E-state index is 12.4. The van der Waals surface area contributed by atoms with Crippen molar-refractivity contribution in [3.8, 4) is 0 Å². The third-order valence-electron chi connectivity index (χ3n) is 3.29. The van der Waals surface area contributed by atoms with Crippen LogP contribution < -0.4 is 5.32 Å². The molecule has 1 unspecified atom stereocenters. The third-order valence-corrected chi connectivity index (χ3v) is 4.97. The Morgan fingerprint density at radius 1 is 1.24 bits per heavy atom. The number of hydrogen-bond acceptors (Lipinski definition) is 3. The SMILES string of the molecule is CC(NC(=O)c1sc2ccccc2c1Cl)c1ccncc1. The van der Waals surface area contributed by atoms with Crippen LogP contribution >= 0.6 is 22.9 Å². The first kappa shape index (κ1) is 14.0. The van der Waals surface area contributed by atoms with E-state index in [1.807, 2.05) is 43.3 Å². The van der Waals surface area contributed by atoms with Crippen LogP contribution in [0.4, 0.5) is 0 Å². The number of carbonyl (C=O) groups excluding carboxylic acids is 1. The van der Waals surface area contributed by atoms with E-state index in [2.05, 4.69) is 10.3 Å². The molecule has 2 heterocycles. The van der Waals surface area contributed by atoms with Crippen molar-refractivity contribution < 1.29 is 4.79 Å². The van der Waals surface area contributed by atoms with Gasteiger partial charge in [0, 0.05) is 22.5 Å². The summed E-state index contributed by atoms with van der Waals surface area (Å²) in [7, 11) is 0. The van der Waals surface area contributed by atoms with Crippen molar-refractivity contribution in [3.05, 3.63) is 64.3 Å². The molecule has 0 aliphatic heterocycles. The Morgan fingerprint density at radius 2 is 1.95 bits per heavy atom. The zero-order valence-corrected chi connectivity index (χ0v) is 12.9. The van der Waals surface area contributed by atoms with Crippen LogP contribution in [0.5, 0.6) is 0 Å². The quantitative estimate of drug-likeness (QED) is 0.776. The molecule has 0 bridgehead atoms. The summed E-state index contributed by atoms with van der Waals surface area (Å²) in [6.45, 7) is 1.94. The number of pyridine rings is 1. The molecule has 0 saturated heterocycles. The monoisotopic (exact) mass is 316 g/mol. The van der Waals surface area contributed by atoms with Crippen molar-refractivity contribution in [1.82, 2.24) is 10.3 Å². The average Bonchev–Trinajstić information content (AvgIpc) is 2.86. The predicted octanol–water partition coefficient (Wildman–Crippen LogP) is 4.44. The van der Waals surface area contributed by atoms with Crippen LogP contribution in [0.25, 0.3) is 10.1 Å². The largest absolute Gasteiger partial charge is 0.345 e. The Bertz CT molecular complexity index is 785. The Labute approximate surface area is 131 Å². The number of carbonyl (C=O) groups is 1. The van der Waals surface area contributed by atoms with E-state index in [1.54, 1.807) is 12.4 Å². The summed E-state index contributed by atoms with van der Waals surface area (Å²) >= 11 is 7.73. The highest BCUT2D eigenvalue weighted by atomic mass is 35.5. The summed E-state index contributed by atoms with van der Waals surface area (Å²) in [6.07, 6.45) is 3.43. The van der Waals surface area contributed by atoms with Gasteiger partial charge >= 0.3 is 0 Å². The van der Waals surface area contributed by atoms with Crippen molar-refractivity contribution in [3.63, 3.8) is 0 Å². The number of thiophene rings is 1. The second kappa shape index (κ2) is 5.84. The Kier molecular flexibility index (Phi) is 3.90. The lowest BCUT2D eigenvalue weighted by Gasteiger charge is -2.13. The molecular formula is C16H13ClN2OS. The van der Waals surface area contributed by atoms with Crippen LogP contribution in [0.3, 0.4) is 0 Å². The molecule has 5 heteroatoms. The van der Waals surface area contributed by atoms with Crippen LogP contribution in [-0.4, -0.2) is 10.9 Å². The second-order valence-electron chi connectivity index (χ2n) is 4.72. The van der Waals surface area contributed by atoms with Crippen molar-refractivity contribution in [2.24, 2.45) is 0 Å². The maximum Gasteiger partial charge on any atom is 0.263 e. The lowest BCUT2D eigenvalue weighted by atomic mass is 10.1. The van der Waals surface area contributed by atoms with Crippen molar-refractivity contribution in [1.29, 1.82) is 0 Å². The lowest BCUT2D eigenvalue weighted by molar-refractivity contribution is 0.0944. The van der Waals surface area contributed by atoms with Crippen LogP contribution in [0.15, 0.2) is 48.8 Å². The summed E-state index contributed by atoms with van der Waals surface area (Å²) in [5, 5.41) is 4.42. The highest BCUT2D eigenvalue weighted by molar-refractivity contribution is 7.21. The smallest absolute Gasteiger partial charge is 0.263 e. The van der Waals surface area contributed by atoms with Gasteiger partial charge in [-0.1, -0.05) is 29.8 Å². The number of rotatable bonds is 3. The number of halogens is 1. The summed E-state index contributed by atoms with van der Waals surface area (Å²) in [5.41, 5.74) is 1.01. The fourth-order valence-corrected chi connectivity index (χ4v) is 3.58. The van der Waals surface area contributed by atoms with E-state index in [4.69, 9.17) is 11.6 Å². The van der Waals surface area contributed by atoms with Gasteiger partial charge in [-0.2, -0.15) is 0 Å². The van der Waals surface area contributed by atoms with Gasteiger partial charge in [-0.3, -0.25) is 9.78 Å². The van der Waals surface area contributed by atoms with E-state index < -0.39 is 0 Å². The van der Waals surface area contributed by atoms with Crippen LogP contribution in [0, 0.1) is 0 Å². The topological polar surface area (TPSA) is 42.0 Å². The van der Waals surface area contributed by atoms with E-state index in [0.29, 0.717) is 9.90 Å². The van der Waals surface area contributed by atoms with Gasteiger partial charge in [0.1, 0.15) is 4.88 Å². The first-order valence-electron chi connectivity index (χ1n) is 6.54. The van der Waals surface area contributed by atoms with E-state index in [9.17, 15) is 4.79 Å². The van der Waals surface area contributed by atoms with E-state index in [-0.39, 0.29) is 11.9 Å². The molecule has 0 aliphatic carbocycles. The molecule has 1 atom stereocenters. The van der Waals surface area contributed by atoms with Gasteiger partial charge in [-0.15, -0.1) is 11.3 Å². The standard InChI is InChI=1S/C16H13ClN2OS/c1-10(11-6-8-18-9-7-11)19-16(20)15-14(17)12-4-2-3-5-13(12)21-15/h2-10H,1H3,(H,19,20). The van der Waals surface area contributed by atoms with Gasteiger partial charge in [-0.25, -0.2) is 0 Å². The molecule has 3 rings (SSSR count). The molecule has 21 heavy (non-hydrogen) atoms. The second-order valence-corrected chi connectivity index (χ2v) is 6.15. The number of amides is 1. The molecule has 1 amide bonds. The van der Waals surface area contributed by atoms with Crippen molar-refractivity contribution in [2.75, 3.05) is 0 Å². The third kappa shape index (κ3) is 2.77. The summed E-state index contributed by atoms with van der Waals surface area (Å²) < 4.78 is 1.02. The highest BCUT2D eigenvalue weighted by Gasteiger charge is 2.18. The predicted molar refractivity (Wildman–Crippen MR) is 87.0 cm³/mol. The van der Waals surface area contributed by atoms with Crippen LogP contribution in [-0.2, 0) is 0 Å². The van der Waals surface area contributed by atoms with Gasteiger partial charge in [0.25, 0.3) is 5.91 Å². The summed E-state index contributed by atoms with van der Waals surface area (Å²) in [4.78, 5) is 16.9. The molecule has 0 radical (unpaired) electrons.